The maximum atomic E-state index is 11.5. The third-order valence-corrected chi connectivity index (χ3v) is 1.88. The van der Waals surface area contributed by atoms with E-state index in [4.69, 9.17) is 0 Å². The van der Waals surface area contributed by atoms with Crippen molar-refractivity contribution < 1.29 is 0 Å². The van der Waals surface area contributed by atoms with Gasteiger partial charge in [-0.2, -0.15) is 5.10 Å². The molecule has 0 saturated carbocycles. The van der Waals surface area contributed by atoms with Crippen LogP contribution in [0.1, 0.15) is 26.7 Å². The highest BCUT2D eigenvalue weighted by molar-refractivity contribution is 5.38. The Morgan fingerprint density at radius 1 is 1.43 bits per heavy atom. The molecule has 0 aliphatic rings. The van der Waals surface area contributed by atoms with Gasteiger partial charge < -0.3 is 5.32 Å². The Morgan fingerprint density at radius 2 is 2.21 bits per heavy atom. The minimum atomic E-state index is -0.0343. The van der Waals surface area contributed by atoms with Gasteiger partial charge in [0, 0.05) is 19.2 Å². The molecule has 78 valence electrons. The van der Waals surface area contributed by atoms with Crippen LogP contribution in [0.2, 0.25) is 0 Å². The second-order valence-electron chi connectivity index (χ2n) is 3.23. The first-order valence-corrected chi connectivity index (χ1v) is 5.09. The minimum Gasteiger partial charge on any atom is -0.384 e. The number of aryl methyl sites for hydroxylation is 1. The largest absolute Gasteiger partial charge is 0.384 e. The van der Waals surface area contributed by atoms with Gasteiger partial charge in [-0.25, -0.2) is 4.68 Å². The van der Waals surface area contributed by atoms with Crippen LogP contribution in [0.3, 0.4) is 0 Å². The summed E-state index contributed by atoms with van der Waals surface area (Å²) in [6.07, 6.45) is 3.67. The molecule has 0 bridgehead atoms. The number of rotatable bonds is 5. The van der Waals surface area contributed by atoms with Gasteiger partial charge in [0.1, 0.15) is 0 Å². The second-order valence-corrected chi connectivity index (χ2v) is 3.23. The Morgan fingerprint density at radius 3 is 2.79 bits per heavy atom. The van der Waals surface area contributed by atoms with Crippen LogP contribution in [0.25, 0.3) is 0 Å². The maximum Gasteiger partial charge on any atom is 0.268 e. The topological polar surface area (TPSA) is 46.9 Å². The first-order chi connectivity index (χ1) is 6.77. The van der Waals surface area contributed by atoms with E-state index in [1.165, 1.54) is 4.68 Å². The molecule has 0 fully saturated rings. The van der Waals surface area contributed by atoms with E-state index in [0.29, 0.717) is 6.54 Å². The maximum absolute atomic E-state index is 11.5. The highest BCUT2D eigenvalue weighted by atomic mass is 16.1. The van der Waals surface area contributed by atoms with E-state index < -0.39 is 0 Å². The normalized spacial score (nSPS) is 10.1. The van der Waals surface area contributed by atoms with Crippen molar-refractivity contribution >= 4 is 5.69 Å². The molecule has 0 atom stereocenters. The Labute approximate surface area is 84.0 Å². The van der Waals surface area contributed by atoms with Crippen LogP contribution < -0.4 is 10.9 Å². The van der Waals surface area contributed by atoms with Crippen molar-refractivity contribution in [3.63, 3.8) is 0 Å². The number of aromatic nitrogens is 2. The summed E-state index contributed by atoms with van der Waals surface area (Å²) in [7, 11) is 0. The van der Waals surface area contributed by atoms with E-state index in [-0.39, 0.29) is 5.56 Å². The minimum absolute atomic E-state index is 0.0343. The van der Waals surface area contributed by atoms with Crippen molar-refractivity contribution in [2.24, 2.45) is 0 Å². The molecule has 1 aromatic rings. The third-order valence-electron chi connectivity index (χ3n) is 1.88. The van der Waals surface area contributed by atoms with Crippen LogP contribution >= 0.6 is 0 Å². The first kappa shape index (κ1) is 10.8. The van der Waals surface area contributed by atoms with Crippen molar-refractivity contribution in [3.05, 3.63) is 22.6 Å². The van der Waals surface area contributed by atoms with Gasteiger partial charge in [0.25, 0.3) is 5.56 Å². The molecule has 1 rings (SSSR count). The molecule has 0 aliphatic heterocycles. The first-order valence-electron chi connectivity index (χ1n) is 5.09. The zero-order valence-corrected chi connectivity index (χ0v) is 8.79. The van der Waals surface area contributed by atoms with Crippen molar-refractivity contribution in [2.75, 3.05) is 11.9 Å². The van der Waals surface area contributed by atoms with E-state index in [2.05, 4.69) is 17.3 Å². The van der Waals surface area contributed by atoms with Gasteiger partial charge in [0.15, 0.2) is 0 Å². The fourth-order valence-corrected chi connectivity index (χ4v) is 1.18. The van der Waals surface area contributed by atoms with Crippen LogP contribution in [0.5, 0.6) is 0 Å². The Hall–Kier alpha value is -1.32. The SMILES string of the molecule is CCCNc1cnn(CCC)c(=O)c1. The molecule has 0 radical (unpaired) electrons. The lowest BCUT2D eigenvalue weighted by Crippen LogP contribution is -2.22. The van der Waals surface area contributed by atoms with Gasteiger partial charge >= 0.3 is 0 Å². The second kappa shape index (κ2) is 5.42. The Kier molecular flexibility index (Phi) is 4.16. The standard InChI is InChI=1S/C10H17N3O/c1-3-5-11-9-7-10(14)13(6-4-2)12-8-9/h7-8,11H,3-6H2,1-2H3. The number of nitrogens with one attached hydrogen (secondary N) is 1. The Balaban J connectivity index is 2.73. The molecule has 0 saturated heterocycles. The van der Waals surface area contributed by atoms with Gasteiger partial charge in [-0.15, -0.1) is 0 Å². The molecular formula is C10H17N3O. The number of nitrogens with zero attached hydrogens (tertiary/aromatic N) is 2. The lowest BCUT2D eigenvalue weighted by atomic mass is 10.4. The van der Waals surface area contributed by atoms with Crippen LogP contribution in [-0.4, -0.2) is 16.3 Å². The van der Waals surface area contributed by atoms with Crippen LogP contribution in [-0.2, 0) is 6.54 Å². The van der Waals surface area contributed by atoms with Gasteiger partial charge in [-0.1, -0.05) is 13.8 Å². The van der Waals surface area contributed by atoms with Gasteiger partial charge in [0.05, 0.1) is 11.9 Å². The molecule has 0 aliphatic carbocycles. The predicted molar refractivity (Wildman–Crippen MR) is 57.6 cm³/mol. The summed E-state index contributed by atoms with van der Waals surface area (Å²) in [5, 5.41) is 7.19. The molecular weight excluding hydrogens is 178 g/mol. The lowest BCUT2D eigenvalue weighted by molar-refractivity contribution is 0.568. The summed E-state index contributed by atoms with van der Waals surface area (Å²) in [5.41, 5.74) is 0.775. The van der Waals surface area contributed by atoms with E-state index in [1.54, 1.807) is 12.3 Å². The number of hydrogen-bond donors (Lipinski definition) is 1. The summed E-state index contributed by atoms with van der Waals surface area (Å²) in [6.45, 7) is 5.67. The number of hydrogen-bond acceptors (Lipinski definition) is 3. The lowest BCUT2D eigenvalue weighted by Gasteiger charge is -2.05. The summed E-state index contributed by atoms with van der Waals surface area (Å²) >= 11 is 0. The van der Waals surface area contributed by atoms with Gasteiger partial charge in [-0.05, 0) is 12.8 Å². The summed E-state index contributed by atoms with van der Waals surface area (Å²) in [5.74, 6) is 0. The monoisotopic (exact) mass is 195 g/mol. The molecule has 0 aromatic carbocycles. The number of anilines is 1. The average molecular weight is 195 g/mol. The van der Waals surface area contributed by atoms with Crippen LogP contribution in [0.15, 0.2) is 17.1 Å². The van der Waals surface area contributed by atoms with Crippen molar-refractivity contribution in [2.45, 2.75) is 33.2 Å². The Bertz CT molecular complexity index is 332. The van der Waals surface area contributed by atoms with E-state index >= 15 is 0 Å². The van der Waals surface area contributed by atoms with Crippen molar-refractivity contribution in [1.29, 1.82) is 0 Å². The highest BCUT2D eigenvalue weighted by Crippen LogP contribution is 1.99. The third kappa shape index (κ3) is 2.87. The quantitative estimate of drug-likeness (QED) is 0.774. The smallest absolute Gasteiger partial charge is 0.268 e. The van der Waals surface area contributed by atoms with Gasteiger partial charge in [-0.3, -0.25) is 4.79 Å². The summed E-state index contributed by atoms with van der Waals surface area (Å²) in [4.78, 5) is 11.5. The van der Waals surface area contributed by atoms with Gasteiger partial charge in [0.2, 0.25) is 0 Å². The molecule has 1 aromatic heterocycles. The van der Waals surface area contributed by atoms with Crippen molar-refractivity contribution in [3.8, 4) is 0 Å². The summed E-state index contributed by atoms with van der Waals surface area (Å²) in [6, 6.07) is 1.60. The molecule has 4 heteroatoms. The zero-order chi connectivity index (χ0) is 10.4. The highest BCUT2D eigenvalue weighted by Gasteiger charge is 1.97. The van der Waals surface area contributed by atoms with Crippen molar-refractivity contribution in [1.82, 2.24) is 9.78 Å². The molecule has 4 nitrogen and oxygen atoms in total. The fourth-order valence-electron chi connectivity index (χ4n) is 1.18. The molecule has 1 N–H and O–H groups in total. The molecule has 14 heavy (non-hydrogen) atoms. The van der Waals surface area contributed by atoms with Crippen LogP contribution in [0, 0.1) is 0 Å². The molecule has 1 heterocycles. The molecule has 0 amide bonds. The van der Waals surface area contributed by atoms with E-state index in [0.717, 1.165) is 25.1 Å². The van der Waals surface area contributed by atoms with Crippen LogP contribution in [0.4, 0.5) is 5.69 Å². The van der Waals surface area contributed by atoms with E-state index in [9.17, 15) is 4.79 Å². The summed E-state index contributed by atoms with van der Waals surface area (Å²) < 4.78 is 1.48. The molecule has 0 unspecified atom stereocenters. The fraction of sp³-hybridized carbons (Fsp3) is 0.600. The average Bonchev–Trinajstić information content (AvgIpc) is 2.19. The van der Waals surface area contributed by atoms with E-state index in [1.807, 2.05) is 6.92 Å². The molecule has 0 spiro atoms. The zero-order valence-electron chi connectivity index (χ0n) is 8.79. The predicted octanol–water partition coefficient (Wildman–Crippen LogP) is 1.48.